The van der Waals surface area contributed by atoms with E-state index in [0.29, 0.717) is 21.2 Å². The van der Waals surface area contributed by atoms with E-state index < -0.39 is 24.7 Å². The molecule has 30 heavy (non-hydrogen) atoms. The van der Waals surface area contributed by atoms with E-state index in [1.54, 1.807) is 78.9 Å². The molecule has 0 aliphatic rings. The predicted molar refractivity (Wildman–Crippen MR) is 107 cm³/mol. The first-order chi connectivity index (χ1) is 14.5. The van der Waals surface area contributed by atoms with Crippen LogP contribution in [0.25, 0.3) is 11.0 Å². The molecule has 0 amide bonds. The Morgan fingerprint density at radius 1 is 0.933 bits per heavy atom. The molecular weight excluding hydrogens is 390 g/mol. The summed E-state index contributed by atoms with van der Waals surface area (Å²) in [5.41, 5.74) is -0.873. The molecule has 3 aromatic carbocycles. The predicted octanol–water partition coefficient (Wildman–Crippen LogP) is 4.41. The number of aliphatic hydroxyl groups is 1. The Balaban J connectivity index is 1.68. The summed E-state index contributed by atoms with van der Waals surface area (Å²) in [6, 6.07) is 23.1. The van der Waals surface area contributed by atoms with Gasteiger partial charge >= 0.3 is 12.5 Å². The van der Waals surface area contributed by atoms with E-state index in [1.807, 2.05) is 0 Å². The van der Waals surface area contributed by atoms with Gasteiger partial charge in [-0.15, -0.1) is 0 Å². The van der Waals surface area contributed by atoms with Gasteiger partial charge in [-0.05, 0) is 23.3 Å². The van der Waals surface area contributed by atoms with Crippen molar-refractivity contribution in [1.82, 2.24) is 9.55 Å². The molecule has 0 bridgehead atoms. The maximum Gasteiger partial charge on any atom is 0.348 e. The molecule has 0 unspecified atom stereocenters. The van der Waals surface area contributed by atoms with E-state index in [0.717, 1.165) is 0 Å². The molecule has 1 heterocycles. The summed E-state index contributed by atoms with van der Waals surface area (Å²) >= 11 is 0. The van der Waals surface area contributed by atoms with Gasteiger partial charge in [0.25, 0.3) is 0 Å². The first-order valence-corrected chi connectivity index (χ1v) is 9.26. The number of imidazole rings is 1. The number of carbonyl (C=O) groups excluding carboxylic acids is 1. The van der Waals surface area contributed by atoms with Crippen molar-refractivity contribution in [2.45, 2.75) is 18.8 Å². The number of hydrogen-bond acceptors (Lipinski definition) is 4. The summed E-state index contributed by atoms with van der Waals surface area (Å²) in [5.74, 6) is -1.09. The fourth-order valence-electron chi connectivity index (χ4n) is 3.41. The Bertz CT molecular complexity index is 1120. The average Bonchev–Trinajstić information content (AvgIpc) is 3.16. The van der Waals surface area contributed by atoms with E-state index >= 15 is 0 Å². The van der Waals surface area contributed by atoms with E-state index in [-0.39, 0.29) is 11.3 Å². The maximum atomic E-state index is 13.6. The van der Waals surface area contributed by atoms with Crippen LogP contribution in [-0.2, 0) is 21.7 Å². The maximum absolute atomic E-state index is 13.6. The SMILES string of the molecule is O=C(OCc1nc2ccccc2n1C(F)F)C(O)(c1ccccc1)c1ccccc1. The number of nitrogens with zero attached hydrogens (tertiary/aromatic N) is 2. The number of rotatable bonds is 6. The third kappa shape index (κ3) is 3.44. The number of benzene rings is 3. The highest BCUT2D eigenvalue weighted by atomic mass is 19.3. The number of hydrogen-bond donors (Lipinski definition) is 1. The first-order valence-electron chi connectivity index (χ1n) is 9.26. The molecule has 0 spiro atoms. The summed E-state index contributed by atoms with van der Waals surface area (Å²) in [6.07, 6.45) is 0. The standard InChI is InChI=1S/C23H18F2N2O3/c24-22(25)27-19-14-8-7-13-18(19)26-20(27)15-30-21(28)23(29,16-9-3-1-4-10-16)17-11-5-2-6-12-17/h1-14,22,29H,15H2. The van der Waals surface area contributed by atoms with Crippen molar-refractivity contribution >= 4 is 17.0 Å². The smallest absolute Gasteiger partial charge is 0.348 e. The Kier molecular flexibility index (Phi) is 5.29. The summed E-state index contributed by atoms with van der Waals surface area (Å²) in [6.45, 7) is -3.37. The van der Waals surface area contributed by atoms with E-state index in [1.165, 1.54) is 6.07 Å². The highest BCUT2D eigenvalue weighted by Crippen LogP contribution is 2.32. The molecule has 4 aromatic rings. The van der Waals surface area contributed by atoms with Crippen molar-refractivity contribution in [2.75, 3.05) is 0 Å². The topological polar surface area (TPSA) is 64.3 Å². The van der Waals surface area contributed by atoms with Crippen LogP contribution >= 0.6 is 0 Å². The van der Waals surface area contributed by atoms with Crippen LogP contribution in [0.1, 0.15) is 23.5 Å². The van der Waals surface area contributed by atoms with Gasteiger partial charge in [-0.1, -0.05) is 72.8 Å². The number of fused-ring (bicyclic) bond motifs is 1. The minimum Gasteiger partial charge on any atom is -0.455 e. The number of aromatic nitrogens is 2. The summed E-state index contributed by atoms with van der Waals surface area (Å²) in [7, 11) is 0. The van der Waals surface area contributed by atoms with Crippen molar-refractivity contribution < 1.29 is 23.4 Å². The van der Waals surface area contributed by atoms with Gasteiger partial charge in [0.1, 0.15) is 6.61 Å². The molecule has 0 saturated carbocycles. The highest BCUT2D eigenvalue weighted by Gasteiger charge is 2.41. The second-order valence-corrected chi connectivity index (χ2v) is 6.68. The summed E-state index contributed by atoms with van der Waals surface area (Å²) in [4.78, 5) is 17.2. The Hall–Kier alpha value is -3.58. The number of esters is 1. The fourth-order valence-corrected chi connectivity index (χ4v) is 3.41. The zero-order valence-corrected chi connectivity index (χ0v) is 15.8. The first kappa shape index (κ1) is 19.7. The highest BCUT2D eigenvalue weighted by molar-refractivity contribution is 5.85. The molecule has 0 aliphatic heterocycles. The van der Waals surface area contributed by atoms with Crippen LogP contribution < -0.4 is 0 Å². The van der Waals surface area contributed by atoms with Crippen LogP contribution in [0.4, 0.5) is 8.78 Å². The second-order valence-electron chi connectivity index (χ2n) is 6.68. The number of alkyl halides is 2. The van der Waals surface area contributed by atoms with Crippen molar-refractivity contribution in [2.24, 2.45) is 0 Å². The van der Waals surface area contributed by atoms with Gasteiger partial charge in [-0.3, -0.25) is 4.57 Å². The second kappa shape index (κ2) is 8.04. The molecule has 0 radical (unpaired) electrons. The van der Waals surface area contributed by atoms with Gasteiger partial charge < -0.3 is 9.84 Å². The quantitative estimate of drug-likeness (QED) is 0.480. The lowest BCUT2D eigenvalue weighted by Gasteiger charge is -2.27. The normalized spacial score (nSPS) is 11.7. The van der Waals surface area contributed by atoms with Crippen LogP contribution in [0.15, 0.2) is 84.9 Å². The van der Waals surface area contributed by atoms with Gasteiger partial charge in [0, 0.05) is 0 Å². The molecule has 7 heteroatoms. The molecule has 0 atom stereocenters. The third-order valence-electron chi connectivity index (χ3n) is 4.87. The van der Waals surface area contributed by atoms with Gasteiger partial charge in [0.15, 0.2) is 5.82 Å². The number of carbonyl (C=O) groups is 1. The van der Waals surface area contributed by atoms with Gasteiger partial charge in [0.05, 0.1) is 11.0 Å². The molecule has 152 valence electrons. The molecule has 0 aliphatic carbocycles. The van der Waals surface area contributed by atoms with E-state index in [4.69, 9.17) is 4.74 Å². The van der Waals surface area contributed by atoms with Crippen molar-refractivity contribution in [3.05, 3.63) is 102 Å². The molecule has 0 fully saturated rings. The van der Waals surface area contributed by atoms with Crippen LogP contribution in [0.5, 0.6) is 0 Å². The van der Waals surface area contributed by atoms with Gasteiger partial charge in [0.2, 0.25) is 5.60 Å². The Morgan fingerprint density at radius 3 is 2.03 bits per heavy atom. The molecule has 1 aromatic heterocycles. The molecule has 0 saturated heterocycles. The number of ether oxygens (including phenoxy) is 1. The summed E-state index contributed by atoms with van der Waals surface area (Å²) < 4.78 is 33.3. The molecule has 4 rings (SSSR count). The molecular formula is C23H18F2N2O3. The van der Waals surface area contributed by atoms with Crippen LogP contribution in [0.2, 0.25) is 0 Å². The Morgan fingerprint density at radius 2 is 1.47 bits per heavy atom. The third-order valence-corrected chi connectivity index (χ3v) is 4.87. The minimum absolute atomic E-state index is 0.108. The average molecular weight is 408 g/mol. The fraction of sp³-hybridized carbons (Fsp3) is 0.130. The lowest BCUT2D eigenvalue weighted by Crippen LogP contribution is -2.38. The minimum atomic E-state index is -2.85. The monoisotopic (exact) mass is 408 g/mol. The van der Waals surface area contributed by atoms with Gasteiger partial charge in [-0.2, -0.15) is 8.78 Å². The van der Waals surface area contributed by atoms with Crippen LogP contribution in [0, 0.1) is 0 Å². The lowest BCUT2D eigenvalue weighted by molar-refractivity contribution is -0.164. The van der Waals surface area contributed by atoms with E-state index in [2.05, 4.69) is 4.98 Å². The molecule has 1 N–H and O–H groups in total. The van der Waals surface area contributed by atoms with Crippen molar-refractivity contribution in [3.63, 3.8) is 0 Å². The van der Waals surface area contributed by atoms with E-state index in [9.17, 15) is 18.7 Å². The number of para-hydroxylation sites is 2. The largest absolute Gasteiger partial charge is 0.455 e. The van der Waals surface area contributed by atoms with Gasteiger partial charge in [-0.25, -0.2) is 9.78 Å². The number of halogens is 2. The molecule has 5 nitrogen and oxygen atoms in total. The Labute approximate surface area is 171 Å². The zero-order chi connectivity index (χ0) is 21.1. The summed E-state index contributed by atoms with van der Waals surface area (Å²) in [5, 5.41) is 11.4. The lowest BCUT2D eigenvalue weighted by atomic mass is 9.86. The van der Waals surface area contributed by atoms with Crippen LogP contribution in [0.3, 0.4) is 0 Å². The van der Waals surface area contributed by atoms with Crippen molar-refractivity contribution in [3.8, 4) is 0 Å². The zero-order valence-electron chi connectivity index (χ0n) is 15.8. The van der Waals surface area contributed by atoms with Crippen LogP contribution in [-0.4, -0.2) is 20.6 Å². The van der Waals surface area contributed by atoms with Crippen molar-refractivity contribution in [1.29, 1.82) is 0 Å².